The van der Waals surface area contributed by atoms with Crippen LogP contribution >= 0.6 is 0 Å². The molecule has 2 aliphatic rings. The third-order valence-corrected chi connectivity index (χ3v) is 7.10. The summed E-state index contributed by atoms with van der Waals surface area (Å²) < 4.78 is 12.9. The minimum Gasteiger partial charge on any atom is -0.207 e. The van der Waals surface area contributed by atoms with Crippen molar-refractivity contribution in [1.82, 2.24) is 0 Å². The molecule has 0 radical (unpaired) electrons. The van der Waals surface area contributed by atoms with Crippen molar-refractivity contribution in [2.75, 3.05) is 0 Å². The summed E-state index contributed by atoms with van der Waals surface area (Å²) in [5.74, 6) is 9.71. The van der Waals surface area contributed by atoms with Gasteiger partial charge in [-0.25, -0.2) is 4.39 Å². The molecule has 0 aliphatic heterocycles. The van der Waals surface area contributed by atoms with Crippen LogP contribution in [0.5, 0.6) is 0 Å². The highest BCUT2D eigenvalue weighted by Crippen LogP contribution is 2.42. The molecule has 2 aliphatic carbocycles. The lowest BCUT2D eigenvalue weighted by molar-refractivity contribution is 0.151. The van der Waals surface area contributed by atoms with Crippen LogP contribution in [-0.2, 0) is 0 Å². The second kappa shape index (κ2) is 11.5. The molecule has 1 heteroatoms. The van der Waals surface area contributed by atoms with Crippen LogP contribution in [0.1, 0.15) is 89.5 Å². The number of hydrogen-bond acceptors (Lipinski definition) is 0. The fourth-order valence-electron chi connectivity index (χ4n) is 5.28. The van der Waals surface area contributed by atoms with Crippen LogP contribution in [0, 0.1) is 41.3 Å². The average molecular weight is 381 g/mol. The van der Waals surface area contributed by atoms with E-state index >= 15 is 0 Å². The Kier molecular flexibility index (Phi) is 8.66. The summed E-state index contributed by atoms with van der Waals surface area (Å²) in [5.41, 5.74) is 0.875. The summed E-state index contributed by atoms with van der Waals surface area (Å²) in [4.78, 5) is 0. The predicted octanol–water partition coefficient (Wildman–Crippen LogP) is 7.93. The van der Waals surface area contributed by atoms with E-state index in [4.69, 9.17) is 0 Å². The van der Waals surface area contributed by atoms with Crippen molar-refractivity contribution >= 4 is 0 Å². The van der Waals surface area contributed by atoms with Gasteiger partial charge in [-0.15, -0.1) is 0 Å². The summed E-state index contributed by atoms with van der Waals surface area (Å²) in [6.07, 6.45) is 21.5. The van der Waals surface area contributed by atoms with E-state index in [1.165, 1.54) is 89.2 Å². The third-order valence-electron chi connectivity index (χ3n) is 7.10. The van der Waals surface area contributed by atoms with Crippen LogP contribution in [0.25, 0.3) is 0 Å². The molecular formula is C27H37F. The fraction of sp³-hybridized carbons (Fsp3) is 0.630. The van der Waals surface area contributed by atoms with Gasteiger partial charge in [-0.1, -0.05) is 63.4 Å². The van der Waals surface area contributed by atoms with Gasteiger partial charge in [-0.05, 0) is 92.5 Å². The molecule has 0 bridgehead atoms. The second-order valence-corrected chi connectivity index (χ2v) is 9.09. The minimum atomic E-state index is -0.206. The maximum Gasteiger partial charge on any atom is 0.123 e. The molecule has 1 aromatic carbocycles. The van der Waals surface area contributed by atoms with E-state index in [1.54, 1.807) is 12.1 Å². The van der Waals surface area contributed by atoms with Crippen molar-refractivity contribution in [3.8, 4) is 11.8 Å². The van der Waals surface area contributed by atoms with E-state index in [9.17, 15) is 4.39 Å². The maximum absolute atomic E-state index is 12.9. The van der Waals surface area contributed by atoms with E-state index < -0.39 is 0 Å². The van der Waals surface area contributed by atoms with Gasteiger partial charge in [0.25, 0.3) is 0 Å². The molecule has 0 saturated heterocycles. The summed E-state index contributed by atoms with van der Waals surface area (Å²) in [7, 11) is 0. The normalized spacial score (nSPS) is 28.1. The zero-order chi connectivity index (χ0) is 19.6. The number of benzene rings is 1. The second-order valence-electron chi connectivity index (χ2n) is 9.09. The Bertz CT molecular complexity index is 644. The van der Waals surface area contributed by atoms with Gasteiger partial charge in [0.1, 0.15) is 5.82 Å². The highest BCUT2D eigenvalue weighted by Gasteiger charge is 2.30. The number of halogens is 1. The van der Waals surface area contributed by atoms with Crippen LogP contribution < -0.4 is 0 Å². The monoisotopic (exact) mass is 380 g/mol. The lowest BCUT2D eigenvalue weighted by atomic mass is 9.68. The summed E-state index contributed by atoms with van der Waals surface area (Å²) in [6, 6.07) is 6.40. The van der Waals surface area contributed by atoms with Crippen molar-refractivity contribution in [3.63, 3.8) is 0 Å². The lowest BCUT2D eigenvalue weighted by Gasteiger charge is -2.37. The van der Waals surface area contributed by atoms with Gasteiger partial charge in [0.2, 0.25) is 0 Å². The van der Waals surface area contributed by atoms with Gasteiger partial charge in [0, 0.05) is 5.56 Å². The van der Waals surface area contributed by atoms with Crippen LogP contribution in [0.3, 0.4) is 0 Å². The van der Waals surface area contributed by atoms with Crippen LogP contribution in [-0.4, -0.2) is 0 Å². The molecule has 28 heavy (non-hydrogen) atoms. The highest BCUT2D eigenvalue weighted by molar-refractivity contribution is 5.36. The Morgan fingerprint density at radius 2 is 1.54 bits per heavy atom. The standard InChI is InChI=1S/C27H37F/c1-2-3-4-7-22-10-16-25(17-11-22)26-18-12-23(13-19-26)8-5-6-9-24-14-20-27(28)21-15-24/h5,8,14-15,20-23,25-26H,2-4,7,10-13,16-19H2,1H3/b8-5+. The molecular weight excluding hydrogens is 343 g/mol. The smallest absolute Gasteiger partial charge is 0.123 e. The molecule has 0 aromatic heterocycles. The van der Waals surface area contributed by atoms with Gasteiger partial charge < -0.3 is 0 Å². The highest BCUT2D eigenvalue weighted by atomic mass is 19.1. The largest absolute Gasteiger partial charge is 0.207 e. The average Bonchev–Trinajstić information content (AvgIpc) is 2.74. The molecule has 1 aromatic rings. The lowest BCUT2D eigenvalue weighted by Crippen LogP contribution is -2.25. The topological polar surface area (TPSA) is 0 Å². The first kappa shape index (κ1) is 21.2. The Morgan fingerprint density at radius 3 is 2.18 bits per heavy atom. The number of rotatable bonds is 6. The van der Waals surface area contributed by atoms with Crippen LogP contribution in [0.15, 0.2) is 36.4 Å². The Hall–Kier alpha value is -1.55. The predicted molar refractivity (Wildman–Crippen MR) is 117 cm³/mol. The molecule has 0 unspecified atom stereocenters. The zero-order valence-corrected chi connectivity index (χ0v) is 17.6. The van der Waals surface area contributed by atoms with Gasteiger partial charge >= 0.3 is 0 Å². The number of allylic oxidation sites excluding steroid dienone is 2. The molecule has 0 nitrogen and oxygen atoms in total. The molecule has 0 amide bonds. The first-order valence-corrected chi connectivity index (χ1v) is 11.7. The molecule has 2 saturated carbocycles. The van der Waals surface area contributed by atoms with Crippen LogP contribution in [0.4, 0.5) is 4.39 Å². The SMILES string of the molecule is CCCCCC1CCC(C2CCC(/C=C/C#Cc3ccc(F)cc3)CC2)CC1. The number of unbranched alkanes of at least 4 members (excludes halogenated alkanes) is 2. The van der Waals surface area contributed by atoms with E-state index in [-0.39, 0.29) is 5.82 Å². The molecule has 0 atom stereocenters. The maximum atomic E-state index is 12.9. The fourth-order valence-corrected chi connectivity index (χ4v) is 5.28. The molecule has 3 rings (SSSR count). The van der Waals surface area contributed by atoms with Crippen molar-refractivity contribution in [2.45, 2.75) is 84.0 Å². The minimum absolute atomic E-state index is 0.206. The number of hydrogen-bond donors (Lipinski definition) is 0. The quantitative estimate of drug-likeness (QED) is 0.347. The first-order valence-electron chi connectivity index (χ1n) is 11.7. The van der Waals surface area contributed by atoms with Crippen molar-refractivity contribution < 1.29 is 4.39 Å². The molecule has 0 heterocycles. The third kappa shape index (κ3) is 6.80. The molecule has 2 fully saturated rings. The van der Waals surface area contributed by atoms with E-state index in [0.717, 1.165) is 23.3 Å². The van der Waals surface area contributed by atoms with E-state index in [0.29, 0.717) is 5.92 Å². The summed E-state index contributed by atoms with van der Waals surface area (Å²) in [5, 5.41) is 0. The Labute approximate surface area is 172 Å². The summed E-state index contributed by atoms with van der Waals surface area (Å²) in [6.45, 7) is 2.31. The molecule has 0 spiro atoms. The van der Waals surface area contributed by atoms with Crippen molar-refractivity contribution in [3.05, 3.63) is 47.8 Å². The van der Waals surface area contributed by atoms with Crippen molar-refractivity contribution in [1.29, 1.82) is 0 Å². The van der Waals surface area contributed by atoms with Gasteiger partial charge in [0.05, 0.1) is 0 Å². The zero-order valence-electron chi connectivity index (χ0n) is 17.6. The molecule has 0 N–H and O–H groups in total. The van der Waals surface area contributed by atoms with Gasteiger partial charge in [0.15, 0.2) is 0 Å². The van der Waals surface area contributed by atoms with E-state index in [2.05, 4.69) is 24.8 Å². The van der Waals surface area contributed by atoms with Gasteiger partial charge in [-0.2, -0.15) is 0 Å². The molecule has 152 valence electrons. The Morgan fingerprint density at radius 1 is 0.893 bits per heavy atom. The van der Waals surface area contributed by atoms with E-state index in [1.807, 2.05) is 6.08 Å². The van der Waals surface area contributed by atoms with Crippen molar-refractivity contribution in [2.24, 2.45) is 23.7 Å². The Balaban J connectivity index is 1.35. The first-order chi connectivity index (χ1) is 13.7. The van der Waals surface area contributed by atoms with Gasteiger partial charge in [-0.3, -0.25) is 0 Å². The van der Waals surface area contributed by atoms with Crippen LogP contribution in [0.2, 0.25) is 0 Å². The summed E-state index contributed by atoms with van der Waals surface area (Å²) >= 11 is 0.